The average molecular weight is 413 g/mol. The van der Waals surface area contributed by atoms with Crippen molar-refractivity contribution >= 4 is 29.2 Å². The Morgan fingerprint density at radius 3 is 2.48 bits per heavy atom. The highest BCUT2D eigenvalue weighted by Crippen LogP contribution is 2.27. The van der Waals surface area contributed by atoms with E-state index in [9.17, 15) is 9.59 Å². The number of amides is 1. The fourth-order valence-electron chi connectivity index (χ4n) is 3.12. The van der Waals surface area contributed by atoms with Crippen molar-refractivity contribution in [1.82, 2.24) is 4.57 Å². The highest BCUT2D eigenvalue weighted by atomic mass is 35.5. The predicted octanol–water partition coefficient (Wildman–Crippen LogP) is 4.55. The number of benzene rings is 2. The molecule has 0 spiro atoms. The van der Waals surface area contributed by atoms with E-state index >= 15 is 0 Å². The average Bonchev–Trinajstić information content (AvgIpc) is 3.01. The molecule has 0 bridgehead atoms. The number of carbonyl (C=O) groups excluding carboxylic acids is 2. The van der Waals surface area contributed by atoms with Crippen LogP contribution >= 0.6 is 11.6 Å². The van der Waals surface area contributed by atoms with Gasteiger partial charge in [0.1, 0.15) is 5.75 Å². The zero-order valence-electron chi connectivity index (χ0n) is 16.4. The van der Waals surface area contributed by atoms with Gasteiger partial charge in [0.15, 0.2) is 6.61 Å². The lowest BCUT2D eigenvalue weighted by molar-refractivity contribution is -0.119. The molecule has 1 N–H and O–H groups in total. The molecule has 3 rings (SSSR count). The summed E-state index contributed by atoms with van der Waals surface area (Å²) in [5, 5.41) is 3.09. The molecule has 0 saturated carbocycles. The van der Waals surface area contributed by atoms with Crippen molar-refractivity contribution in [2.75, 3.05) is 19.0 Å². The molecular weight excluding hydrogens is 392 g/mol. The third-order valence-corrected chi connectivity index (χ3v) is 4.67. The van der Waals surface area contributed by atoms with Crippen LogP contribution in [0.2, 0.25) is 5.02 Å². The van der Waals surface area contributed by atoms with Crippen molar-refractivity contribution in [2.24, 2.45) is 0 Å². The molecule has 3 aromatic rings. The molecule has 0 aliphatic rings. The summed E-state index contributed by atoms with van der Waals surface area (Å²) >= 11 is 5.96. The fourth-order valence-corrected chi connectivity index (χ4v) is 3.29. The Kier molecular flexibility index (Phi) is 6.24. The number of methoxy groups -OCH3 is 1. The summed E-state index contributed by atoms with van der Waals surface area (Å²) in [6.45, 7) is 3.33. The Morgan fingerprint density at radius 1 is 1.07 bits per heavy atom. The largest absolute Gasteiger partial charge is 0.495 e. The molecule has 0 saturated heterocycles. The molecule has 1 aromatic heterocycles. The molecule has 1 heterocycles. The van der Waals surface area contributed by atoms with Crippen LogP contribution in [0.5, 0.6) is 5.75 Å². The van der Waals surface area contributed by atoms with E-state index in [0.717, 1.165) is 17.1 Å². The number of nitrogens with zero attached hydrogens (tertiary/aromatic N) is 1. The first-order valence-corrected chi connectivity index (χ1v) is 9.33. The van der Waals surface area contributed by atoms with Gasteiger partial charge in [0.05, 0.1) is 18.4 Å². The Labute approximate surface area is 174 Å². The van der Waals surface area contributed by atoms with Crippen LogP contribution in [0.25, 0.3) is 5.69 Å². The van der Waals surface area contributed by atoms with Crippen LogP contribution in [0, 0.1) is 13.8 Å². The van der Waals surface area contributed by atoms with Crippen LogP contribution < -0.4 is 10.1 Å². The van der Waals surface area contributed by atoms with Gasteiger partial charge in [-0.2, -0.15) is 0 Å². The monoisotopic (exact) mass is 412 g/mol. The van der Waals surface area contributed by atoms with Crippen molar-refractivity contribution in [3.05, 3.63) is 76.6 Å². The molecule has 0 atom stereocenters. The van der Waals surface area contributed by atoms with Crippen LogP contribution in [0.15, 0.2) is 54.6 Å². The molecule has 1 amide bonds. The number of nitrogens with one attached hydrogen (secondary N) is 1. The molecular formula is C22H21ClN2O4. The summed E-state index contributed by atoms with van der Waals surface area (Å²) in [5.41, 5.74) is 3.42. The molecule has 0 aliphatic heterocycles. The van der Waals surface area contributed by atoms with E-state index in [0.29, 0.717) is 22.0 Å². The van der Waals surface area contributed by atoms with E-state index in [4.69, 9.17) is 21.1 Å². The molecule has 0 aliphatic carbocycles. The lowest BCUT2D eigenvalue weighted by Crippen LogP contribution is -2.21. The third-order valence-electron chi connectivity index (χ3n) is 4.44. The summed E-state index contributed by atoms with van der Waals surface area (Å²) in [6.07, 6.45) is 0. The van der Waals surface area contributed by atoms with Crippen molar-refractivity contribution in [2.45, 2.75) is 13.8 Å². The Hall–Kier alpha value is -3.25. The molecule has 7 heteroatoms. The van der Waals surface area contributed by atoms with E-state index in [-0.39, 0.29) is 0 Å². The van der Waals surface area contributed by atoms with Gasteiger partial charge in [-0.15, -0.1) is 0 Å². The van der Waals surface area contributed by atoms with Crippen molar-refractivity contribution in [3.63, 3.8) is 0 Å². The second-order valence-electron chi connectivity index (χ2n) is 6.42. The van der Waals surface area contributed by atoms with Gasteiger partial charge in [-0.05, 0) is 50.2 Å². The van der Waals surface area contributed by atoms with E-state index in [1.807, 2.05) is 48.7 Å². The quantitative estimate of drug-likeness (QED) is 0.603. The first-order valence-electron chi connectivity index (χ1n) is 8.95. The summed E-state index contributed by atoms with van der Waals surface area (Å²) in [7, 11) is 1.49. The van der Waals surface area contributed by atoms with E-state index < -0.39 is 18.5 Å². The van der Waals surface area contributed by atoms with E-state index in [1.165, 1.54) is 7.11 Å². The number of hydrogen-bond acceptors (Lipinski definition) is 4. The molecule has 0 radical (unpaired) electrons. The van der Waals surface area contributed by atoms with Gasteiger partial charge in [0.2, 0.25) is 0 Å². The molecule has 2 aromatic carbocycles. The highest BCUT2D eigenvalue weighted by molar-refractivity contribution is 6.31. The van der Waals surface area contributed by atoms with Crippen LogP contribution in [-0.2, 0) is 9.53 Å². The van der Waals surface area contributed by atoms with Gasteiger partial charge in [0, 0.05) is 22.1 Å². The lowest BCUT2D eigenvalue weighted by atomic mass is 10.2. The first kappa shape index (κ1) is 20.5. The minimum Gasteiger partial charge on any atom is -0.495 e. The van der Waals surface area contributed by atoms with Crippen LogP contribution in [0.1, 0.15) is 21.7 Å². The van der Waals surface area contributed by atoms with Crippen molar-refractivity contribution < 1.29 is 19.1 Å². The van der Waals surface area contributed by atoms with Gasteiger partial charge in [-0.25, -0.2) is 4.79 Å². The van der Waals surface area contributed by atoms with E-state index in [2.05, 4.69) is 5.32 Å². The number of anilines is 1. The van der Waals surface area contributed by atoms with Gasteiger partial charge >= 0.3 is 5.97 Å². The highest BCUT2D eigenvalue weighted by Gasteiger charge is 2.19. The molecule has 6 nitrogen and oxygen atoms in total. The molecule has 0 unspecified atom stereocenters. The first-order chi connectivity index (χ1) is 13.9. The number of carbonyl (C=O) groups is 2. The summed E-state index contributed by atoms with van der Waals surface area (Å²) in [5.74, 6) is -0.593. The minimum atomic E-state index is -0.562. The predicted molar refractivity (Wildman–Crippen MR) is 112 cm³/mol. The number of para-hydroxylation sites is 1. The number of aromatic nitrogens is 1. The van der Waals surface area contributed by atoms with Gasteiger partial charge in [-0.1, -0.05) is 29.8 Å². The Morgan fingerprint density at radius 2 is 1.79 bits per heavy atom. The fraction of sp³-hybridized carbons (Fsp3) is 0.182. The maximum Gasteiger partial charge on any atom is 0.340 e. The number of esters is 1. The smallest absolute Gasteiger partial charge is 0.340 e. The van der Waals surface area contributed by atoms with E-state index in [1.54, 1.807) is 24.3 Å². The number of hydrogen-bond donors (Lipinski definition) is 1. The number of rotatable bonds is 6. The second-order valence-corrected chi connectivity index (χ2v) is 6.86. The SMILES string of the molecule is COc1ccc(Cl)cc1NC(=O)COC(=O)c1cc(C)n(-c2ccccc2)c1C. The summed E-state index contributed by atoms with van der Waals surface area (Å²) in [4.78, 5) is 24.7. The van der Waals surface area contributed by atoms with Crippen LogP contribution in [-0.4, -0.2) is 30.2 Å². The van der Waals surface area contributed by atoms with Gasteiger partial charge < -0.3 is 19.4 Å². The molecule has 150 valence electrons. The standard InChI is InChI=1S/C22H21ClN2O4/c1-14-11-18(15(2)25(14)17-7-5-4-6-8-17)22(27)29-13-21(26)24-19-12-16(23)9-10-20(19)28-3/h4-12H,13H2,1-3H3,(H,24,26). The number of ether oxygens (including phenoxy) is 2. The van der Waals surface area contributed by atoms with Gasteiger partial charge in [0.25, 0.3) is 5.91 Å². The number of halogens is 1. The summed E-state index contributed by atoms with van der Waals surface area (Å²) < 4.78 is 12.4. The Bertz CT molecular complexity index is 1040. The van der Waals surface area contributed by atoms with Gasteiger partial charge in [-0.3, -0.25) is 4.79 Å². The third kappa shape index (κ3) is 4.60. The summed E-state index contributed by atoms with van der Waals surface area (Å²) in [6, 6.07) is 16.3. The van der Waals surface area contributed by atoms with Crippen LogP contribution in [0.3, 0.4) is 0 Å². The second kappa shape index (κ2) is 8.84. The van der Waals surface area contributed by atoms with Crippen molar-refractivity contribution in [3.8, 4) is 11.4 Å². The topological polar surface area (TPSA) is 69.6 Å². The molecule has 29 heavy (non-hydrogen) atoms. The maximum absolute atomic E-state index is 12.5. The zero-order chi connectivity index (χ0) is 21.0. The van der Waals surface area contributed by atoms with Crippen LogP contribution in [0.4, 0.5) is 5.69 Å². The lowest BCUT2D eigenvalue weighted by Gasteiger charge is -2.11. The maximum atomic E-state index is 12.5. The van der Waals surface area contributed by atoms with Crippen molar-refractivity contribution in [1.29, 1.82) is 0 Å². The molecule has 0 fully saturated rings. The number of aryl methyl sites for hydroxylation is 1. The minimum absolute atomic E-state index is 0.406. The normalized spacial score (nSPS) is 10.5. The zero-order valence-corrected chi connectivity index (χ0v) is 17.1. The Balaban J connectivity index is 1.69.